The number of carbonyl (C=O) groups excluding carboxylic acids is 1. The number of nitrogens with one attached hydrogen (secondary N) is 2. The van der Waals surface area contributed by atoms with Gasteiger partial charge in [0.1, 0.15) is 5.75 Å². The molecule has 0 aliphatic carbocycles. The van der Waals surface area contributed by atoms with E-state index in [1.807, 2.05) is 0 Å². The third-order valence-corrected chi connectivity index (χ3v) is 4.97. The fraction of sp³-hybridized carbons (Fsp3) is 0.562. The van der Waals surface area contributed by atoms with E-state index in [2.05, 4.69) is 10.6 Å². The van der Waals surface area contributed by atoms with Crippen LogP contribution in [0.1, 0.15) is 19.3 Å². The Bertz CT molecular complexity index is 613. The number of benzene rings is 1. The maximum atomic E-state index is 11.8. The number of carbonyl (C=O) groups is 1. The number of rotatable bonds is 7. The molecule has 8 heteroatoms. The summed E-state index contributed by atoms with van der Waals surface area (Å²) in [5.74, 6) is 1.04. The van der Waals surface area contributed by atoms with Crippen molar-refractivity contribution in [2.45, 2.75) is 24.2 Å². The fourth-order valence-corrected chi connectivity index (χ4v) is 3.12. The highest BCUT2D eigenvalue weighted by Crippen LogP contribution is 2.16. The monoisotopic (exact) mass is 376 g/mol. The average molecular weight is 377 g/mol. The zero-order valence-corrected chi connectivity index (χ0v) is 15.4. The van der Waals surface area contributed by atoms with Crippen molar-refractivity contribution in [3.8, 4) is 5.75 Å². The second kappa shape index (κ2) is 9.86. The minimum Gasteiger partial charge on any atom is -0.493 e. The van der Waals surface area contributed by atoms with E-state index in [9.17, 15) is 13.2 Å². The molecule has 1 atom stereocenters. The van der Waals surface area contributed by atoms with Gasteiger partial charge in [0, 0.05) is 12.8 Å². The van der Waals surface area contributed by atoms with E-state index in [1.165, 1.54) is 12.1 Å². The van der Waals surface area contributed by atoms with Crippen LogP contribution < -0.4 is 15.4 Å². The summed E-state index contributed by atoms with van der Waals surface area (Å²) in [7, 11) is -3.20. The van der Waals surface area contributed by atoms with Crippen LogP contribution in [0, 0.1) is 5.92 Å². The molecule has 0 bridgehead atoms. The number of hydrogen-bond acceptors (Lipinski definition) is 5. The lowest BCUT2D eigenvalue weighted by atomic mass is 10.00. The van der Waals surface area contributed by atoms with Gasteiger partial charge in [-0.05, 0) is 56.1 Å². The van der Waals surface area contributed by atoms with E-state index in [0.29, 0.717) is 18.2 Å². The lowest BCUT2D eigenvalue weighted by Gasteiger charge is -2.22. The van der Waals surface area contributed by atoms with Gasteiger partial charge in [-0.1, -0.05) is 0 Å². The molecule has 6 nitrogen and oxygen atoms in total. The van der Waals surface area contributed by atoms with Crippen molar-refractivity contribution in [1.82, 2.24) is 10.6 Å². The van der Waals surface area contributed by atoms with Crippen LogP contribution in [0.4, 0.5) is 0 Å². The van der Waals surface area contributed by atoms with Gasteiger partial charge in [-0.15, -0.1) is 12.4 Å². The Balaban J connectivity index is 0.00000288. The van der Waals surface area contributed by atoms with Gasteiger partial charge >= 0.3 is 0 Å². The van der Waals surface area contributed by atoms with E-state index >= 15 is 0 Å². The summed E-state index contributed by atoms with van der Waals surface area (Å²) in [6.07, 6.45) is 3.76. The van der Waals surface area contributed by atoms with Gasteiger partial charge in [-0.25, -0.2) is 8.42 Å². The second-order valence-electron chi connectivity index (χ2n) is 5.86. The number of halogens is 1. The Labute approximate surface area is 149 Å². The van der Waals surface area contributed by atoms with Crippen LogP contribution in [0.15, 0.2) is 29.2 Å². The van der Waals surface area contributed by atoms with Crippen molar-refractivity contribution < 1.29 is 17.9 Å². The van der Waals surface area contributed by atoms with Gasteiger partial charge in [-0.2, -0.15) is 0 Å². The standard InChI is InChI=1S/C16H24N2O4S.ClH/c1-23(20,21)15-6-4-14(5-7-15)22-10-8-16(19)18-12-13-3-2-9-17-11-13;/h4-7,13,17H,2-3,8-12H2,1H3,(H,18,19);1H. The molecule has 24 heavy (non-hydrogen) atoms. The van der Waals surface area contributed by atoms with Crippen LogP contribution in [0.5, 0.6) is 5.75 Å². The summed E-state index contributed by atoms with van der Waals surface area (Å²) >= 11 is 0. The van der Waals surface area contributed by atoms with E-state index in [4.69, 9.17) is 4.74 Å². The van der Waals surface area contributed by atoms with Crippen LogP contribution in [0.25, 0.3) is 0 Å². The Kier molecular flexibility index (Phi) is 8.52. The molecular weight excluding hydrogens is 352 g/mol. The third kappa shape index (κ3) is 7.07. The minimum absolute atomic E-state index is 0. The summed E-state index contributed by atoms with van der Waals surface area (Å²) in [5, 5.41) is 6.25. The summed E-state index contributed by atoms with van der Waals surface area (Å²) in [4.78, 5) is 12.0. The first-order valence-electron chi connectivity index (χ1n) is 7.85. The number of ether oxygens (including phenoxy) is 1. The second-order valence-corrected chi connectivity index (χ2v) is 7.87. The number of amides is 1. The predicted molar refractivity (Wildman–Crippen MR) is 95.5 cm³/mol. The molecule has 136 valence electrons. The van der Waals surface area contributed by atoms with E-state index < -0.39 is 9.84 Å². The first-order chi connectivity index (χ1) is 10.9. The molecule has 1 aliphatic rings. The van der Waals surface area contributed by atoms with Gasteiger partial charge in [0.2, 0.25) is 5.91 Å². The molecule has 2 N–H and O–H groups in total. The molecule has 1 heterocycles. The smallest absolute Gasteiger partial charge is 0.223 e. The maximum absolute atomic E-state index is 11.8. The van der Waals surface area contributed by atoms with Crippen molar-refractivity contribution >= 4 is 28.2 Å². The third-order valence-electron chi connectivity index (χ3n) is 3.84. The number of hydrogen-bond donors (Lipinski definition) is 2. The minimum atomic E-state index is -3.20. The normalized spacial score (nSPS) is 17.6. The molecule has 1 unspecified atom stereocenters. The van der Waals surface area contributed by atoms with Crippen molar-refractivity contribution in [1.29, 1.82) is 0 Å². The average Bonchev–Trinajstić information content (AvgIpc) is 2.53. The highest BCUT2D eigenvalue weighted by molar-refractivity contribution is 7.90. The maximum Gasteiger partial charge on any atom is 0.223 e. The molecule has 1 amide bonds. The Morgan fingerprint density at radius 2 is 2.04 bits per heavy atom. The van der Waals surface area contributed by atoms with Crippen LogP contribution >= 0.6 is 12.4 Å². The zero-order valence-electron chi connectivity index (χ0n) is 13.8. The molecular formula is C16H25ClN2O4S. The van der Waals surface area contributed by atoms with Crippen molar-refractivity contribution in [2.24, 2.45) is 5.92 Å². The first-order valence-corrected chi connectivity index (χ1v) is 9.74. The van der Waals surface area contributed by atoms with Crippen LogP contribution in [0.2, 0.25) is 0 Å². The fourth-order valence-electron chi connectivity index (χ4n) is 2.49. The van der Waals surface area contributed by atoms with Crippen LogP contribution in [-0.2, 0) is 14.6 Å². The number of piperidine rings is 1. The SMILES string of the molecule is CS(=O)(=O)c1ccc(OCCC(=O)NCC2CCCNC2)cc1.Cl. The molecule has 0 saturated carbocycles. The van der Waals surface area contributed by atoms with Crippen LogP contribution in [0.3, 0.4) is 0 Å². The van der Waals surface area contributed by atoms with Crippen molar-refractivity contribution in [3.05, 3.63) is 24.3 Å². The molecule has 1 fully saturated rings. The molecule has 1 saturated heterocycles. The van der Waals surface area contributed by atoms with Gasteiger partial charge in [0.25, 0.3) is 0 Å². The Morgan fingerprint density at radius 3 is 2.62 bits per heavy atom. The Morgan fingerprint density at radius 1 is 1.33 bits per heavy atom. The van der Waals surface area contributed by atoms with Crippen molar-refractivity contribution in [3.63, 3.8) is 0 Å². The highest BCUT2D eigenvalue weighted by Gasteiger charge is 2.13. The van der Waals surface area contributed by atoms with E-state index in [0.717, 1.165) is 32.2 Å². The zero-order chi connectivity index (χ0) is 16.7. The molecule has 0 spiro atoms. The summed E-state index contributed by atoms with van der Waals surface area (Å²) < 4.78 is 28.2. The summed E-state index contributed by atoms with van der Waals surface area (Å²) in [6, 6.07) is 6.20. The quantitative estimate of drug-likeness (QED) is 0.751. The first kappa shape index (κ1) is 20.7. The number of sulfone groups is 1. The molecule has 2 rings (SSSR count). The lowest BCUT2D eigenvalue weighted by molar-refractivity contribution is -0.121. The topological polar surface area (TPSA) is 84.5 Å². The largest absolute Gasteiger partial charge is 0.493 e. The molecule has 1 aliphatic heterocycles. The van der Waals surface area contributed by atoms with Crippen LogP contribution in [-0.4, -0.2) is 46.8 Å². The molecule has 0 aromatic heterocycles. The van der Waals surface area contributed by atoms with Gasteiger partial charge in [-0.3, -0.25) is 4.79 Å². The lowest BCUT2D eigenvalue weighted by Crippen LogP contribution is -2.38. The highest BCUT2D eigenvalue weighted by atomic mass is 35.5. The molecule has 1 aromatic carbocycles. The van der Waals surface area contributed by atoms with E-state index in [-0.39, 0.29) is 36.2 Å². The Hall–Kier alpha value is -1.31. The van der Waals surface area contributed by atoms with Gasteiger partial charge in [0.05, 0.1) is 17.9 Å². The summed E-state index contributed by atoms with van der Waals surface area (Å²) in [6.45, 7) is 3.00. The van der Waals surface area contributed by atoms with E-state index in [1.54, 1.807) is 12.1 Å². The molecule has 1 aromatic rings. The summed E-state index contributed by atoms with van der Waals surface area (Å²) in [5.41, 5.74) is 0. The van der Waals surface area contributed by atoms with Gasteiger partial charge in [0.15, 0.2) is 9.84 Å². The van der Waals surface area contributed by atoms with Crippen molar-refractivity contribution in [2.75, 3.05) is 32.5 Å². The molecule has 0 radical (unpaired) electrons. The van der Waals surface area contributed by atoms with Gasteiger partial charge < -0.3 is 15.4 Å². The predicted octanol–water partition coefficient (Wildman–Crippen LogP) is 1.40.